The quantitative estimate of drug-likeness (QED) is 0.412. The third-order valence-electron chi connectivity index (χ3n) is 3.81. The summed E-state index contributed by atoms with van der Waals surface area (Å²) in [5.74, 6) is 0.838. The lowest BCUT2D eigenvalue weighted by molar-refractivity contribution is -0.130. The van der Waals surface area contributed by atoms with Crippen LogP contribution in [0, 0.1) is 6.92 Å². The molecule has 1 fully saturated rings. The van der Waals surface area contributed by atoms with Crippen LogP contribution in [0.2, 0.25) is 0 Å². The summed E-state index contributed by atoms with van der Waals surface area (Å²) in [6, 6.07) is 2.12. The van der Waals surface area contributed by atoms with E-state index in [1.807, 2.05) is 11.8 Å². The number of carbonyl (C=O) groups is 1. The summed E-state index contributed by atoms with van der Waals surface area (Å²) in [5.41, 5.74) is 1.29. The van der Waals surface area contributed by atoms with Gasteiger partial charge in [-0.15, -0.1) is 35.3 Å². The summed E-state index contributed by atoms with van der Waals surface area (Å²) in [6.45, 7) is 7.65. The summed E-state index contributed by atoms with van der Waals surface area (Å²) in [5, 5.41) is 8.59. The molecule has 1 aromatic heterocycles. The Hall–Kier alpha value is -0.830. The number of nitrogens with one attached hydrogen (secondary N) is 2. The molecule has 2 N–H and O–H groups in total. The van der Waals surface area contributed by atoms with E-state index in [9.17, 15) is 4.79 Å². The molecule has 0 spiro atoms. The fourth-order valence-corrected chi connectivity index (χ4v) is 3.33. The molecular formula is C16H27IN4OS. The van der Waals surface area contributed by atoms with Crippen molar-refractivity contribution in [2.45, 2.75) is 39.7 Å². The highest BCUT2D eigenvalue weighted by atomic mass is 127. The van der Waals surface area contributed by atoms with Crippen LogP contribution in [0.4, 0.5) is 0 Å². The van der Waals surface area contributed by atoms with Crippen LogP contribution >= 0.6 is 35.3 Å². The van der Waals surface area contributed by atoms with Gasteiger partial charge in [-0.05, 0) is 50.1 Å². The molecule has 0 bridgehead atoms. The van der Waals surface area contributed by atoms with Gasteiger partial charge in [0, 0.05) is 24.5 Å². The van der Waals surface area contributed by atoms with Crippen molar-refractivity contribution in [2.75, 3.05) is 26.2 Å². The number of likely N-dealkylation sites (tertiary alicyclic amines) is 1. The van der Waals surface area contributed by atoms with E-state index in [1.165, 1.54) is 16.9 Å². The normalized spacial score (nSPS) is 15.0. The highest BCUT2D eigenvalue weighted by Gasteiger charge is 2.15. The predicted octanol–water partition coefficient (Wildman–Crippen LogP) is 2.74. The van der Waals surface area contributed by atoms with Crippen molar-refractivity contribution in [3.63, 3.8) is 0 Å². The Balaban J connectivity index is 0.00000264. The van der Waals surface area contributed by atoms with E-state index < -0.39 is 0 Å². The minimum atomic E-state index is 0. The van der Waals surface area contributed by atoms with Crippen molar-refractivity contribution in [3.8, 4) is 0 Å². The van der Waals surface area contributed by atoms with Gasteiger partial charge in [0.25, 0.3) is 0 Å². The van der Waals surface area contributed by atoms with Gasteiger partial charge < -0.3 is 15.5 Å². The van der Waals surface area contributed by atoms with Gasteiger partial charge in [-0.3, -0.25) is 4.79 Å². The summed E-state index contributed by atoms with van der Waals surface area (Å²) >= 11 is 1.74. The first-order valence-electron chi connectivity index (χ1n) is 8.03. The molecule has 2 heterocycles. The molecule has 0 saturated carbocycles. The molecule has 1 aliphatic rings. The lowest BCUT2D eigenvalue weighted by Crippen LogP contribution is -2.40. The van der Waals surface area contributed by atoms with Crippen LogP contribution < -0.4 is 10.6 Å². The van der Waals surface area contributed by atoms with E-state index in [0.29, 0.717) is 5.96 Å². The molecule has 0 aromatic carbocycles. The third-order valence-corrected chi connectivity index (χ3v) is 4.83. The Kier molecular flexibility index (Phi) is 9.54. The Labute approximate surface area is 160 Å². The number of nitrogens with zero attached hydrogens (tertiary/aromatic N) is 2. The first-order valence-corrected chi connectivity index (χ1v) is 8.91. The fourth-order valence-electron chi connectivity index (χ4n) is 2.48. The number of carbonyl (C=O) groups excluding carboxylic acids is 1. The van der Waals surface area contributed by atoms with Crippen molar-refractivity contribution < 1.29 is 4.79 Å². The molecule has 1 saturated heterocycles. The molecule has 2 rings (SSSR count). The van der Waals surface area contributed by atoms with E-state index in [1.54, 1.807) is 11.3 Å². The monoisotopic (exact) mass is 450 g/mol. The first kappa shape index (κ1) is 20.2. The zero-order valence-corrected chi connectivity index (χ0v) is 17.1. The zero-order valence-electron chi connectivity index (χ0n) is 13.9. The largest absolute Gasteiger partial charge is 0.357 e. The molecule has 23 heavy (non-hydrogen) atoms. The van der Waals surface area contributed by atoms with E-state index in [-0.39, 0.29) is 36.4 Å². The molecule has 0 unspecified atom stereocenters. The molecule has 130 valence electrons. The third kappa shape index (κ3) is 6.66. The van der Waals surface area contributed by atoms with Crippen LogP contribution in [-0.4, -0.2) is 42.9 Å². The van der Waals surface area contributed by atoms with E-state index in [2.05, 4.69) is 34.0 Å². The van der Waals surface area contributed by atoms with Gasteiger partial charge in [0.1, 0.15) is 6.54 Å². The lowest BCUT2D eigenvalue weighted by Gasteiger charge is -2.26. The molecule has 5 nitrogen and oxygen atoms in total. The van der Waals surface area contributed by atoms with Gasteiger partial charge in [0.05, 0.1) is 6.54 Å². The second-order valence-corrected chi connectivity index (χ2v) is 6.52. The number of hydrogen-bond acceptors (Lipinski definition) is 3. The Bertz CT molecular complexity index is 512. The predicted molar refractivity (Wildman–Crippen MR) is 108 cm³/mol. The standard InChI is InChI=1S/C16H26N4OS.HI/c1-3-17-16(18-11-14-13(2)7-10-22-14)19-12-15(21)20-8-5-4-6-9-20;/h7,10H,3-6,8-9,11-12H2,1-2H3,(H2,17,18,19);1H. The van der Waals surface area contributed by atoms with Crippen molar-refractivity contribution in [3.05, 3.63) is 21.9 Å². The molecule has 1 aromatic rings. The number of thiophene rings is 1. The highest BCUT2D eigenvalue weighted by Crippen LogP contribution is 2.14. The molecule has 7 heteroatoms. The van der Waals surface area contributed by atoms with Crippen LogP contribution in [0.3, 0.4) is 0 Å². The SMILES string of the molecule is CCNC(=NCC(=O)N1CCCCC1)NCc1sccc1C.I. The Morgan fingerprint density at radius 1 is 1.30 bits per heavy atom. The average Bonchev–Trinajstić information content (AvgIpc) is 2.96. The second-order valence-electron chi connectivity index (χ2n) is 5.52. The first-order chi connectivity index (χ1) is 10.7. The minimum Gasteiger partial charge on any atom is -0.357 e. The van der Waals surface area contributed by atoms with Gasteiger partial charge >= 0.3 is 0 Å². The number of amides is 1. The van der Waals surface area contributed by atoms with Crippen LogP contribution in [-0.2, 0) is 11.3 Å². The molecule has 0 radical (unpaired) electrons. The second kappa shape index (κ2) is 10.9. The van der Waals surface area contributed by atoms with Gasteiger partial charge in [0.2, 0.25) is 5.91 Å². The van der Waals surface area contributed by atoms with Crippen LogP contribution in [0.15, 0.2) is 16.4 Å². The molecule has 1 amide bonds. The van der Waals surface area contributed by atoms with Crippen LogP contribution in [0.5, 0.6) is 0 Å². The van der Waals surface area contributed by atoms with Crippen molar-refractivity contribution in [1.82, 2.24) is 15.5 Å². The maximum absolute atomic E-state index is 12.2. The van der Waals surface area contributed by atoms with Gasteiger partial charge in [-0.1, -0.05) is 0 Å². The number of aryl methyl sites for hydroxylation is 1. The smallest absolute Gasteiger partial charge is 0.244 e. The minimum absolute atomic E-state index is 0. The summed E-state index contributed by atoms with van der Waals surface area (Å²) in [6.07, 6.45) is 3.47. The van der Waals surface area contributed by atoms with E-state index in [0.717, 1.165) is 39.0 Å². The molecule has 1 aliphatic heterocycles. The van der Waals surface area contributed by atoms with Gasteiger partial charge in [-0.2, -0.15) is 0 Å². The molecule has 0 atom stereocenters. The van der Waals surface area contributed by atoms with E-state index >= 15 is 0 Å². The van der Waals surface area contributed by atoms with Crippen molar-refractivity contribution in [2.24, 2.45) is 4.99 Å². The van der Waals surface area contributed by atoms with E-state index in [4.69, 9.17) is 0 Å². The number of piperidine rings is 1. The Morgan fingerprint density at radius 2 is 2.04 bits per heavy atom. The maximum atomic E-state index is 12.2. The average molecular weight is 450 g/mol. The maximum Gasteiger partial charge on any atom is 0.244 e. The zero-order chi connectivity index (χ0) is 15.8. The van der Waals surface area contributed by atoms with Crippen LogP contribution in [0.25, 0.3) is 0 Å². The number of hydrogen-bond donors (Lipinski definition) is 2. The topological polar surface area (TPSA) is 56.7 Å². The van der Waals surface area contributed by atoms with Gasteiger partial charge in [0.15, 0.2) is 5.96 Å². The molecular weight excluding hydrogens is 423 g/mol. The Morgan fingerprint density at radius 3 is 2.65 bits per heavy atom. The highest BCUT2D eigenvalue weighted by molar-refractivity contribution is 14.0. The molecule has 0 aliphatic carbocycles. The number of guanidine groups is 1. The summed E-state index contributed by atoms with van der Waals surface area (Å²) in [7, 11) is 0. The summed E-state index contributed by atoms with van der Waals surface area (Å²) < 4.78 is 0. The number of halogens is 1. The van der Waals surface area contributed by atoms with Crippen molar-refractivity contribution in [1.29, 1.82) is 0 Å². The van der Waals surface area contributed by atoms with Crippen molar-refractivity contribution >= 4 is 47.2 Å². The van der Waals surface area contributed by atoms with Crippen LogP contribution in [0.1, 0.15) is 36.6 Å². The summed E-state index contributed by atoms with van der Waals surface area (Å²) in [4.78, 5) is 19.8. The number of rotatable bonds is 5. The number of aliphatic imine (C=N–C) groups is 1. The fraction of sp³-hybridized carbons (Fsp3) is 0.625. The lowest BCUT2D eigenvalue weighted by atomic mass is 10.1. The van der Waals surface area contributed by atoms with Gasteiger partial charge in [-0.25, -0.2) is 4.99 Å².